The Bertz CT molecular complexity index is 824. The van der Waals surface area contributed by atoms with E-state index in [9.17, 15) is 0 Å². The Morgan fingerprint density at radius 3 is 2.36 bits per heavy atom. The van der Waals surface area contributed by atoms with E-state index in [-0.39, 0.29) is 0 Å². The molecule has 0 amide bonds. The molecule has 0 saturated heterocycles. The molecular weight excluding hydrogens is 308 g/mol. The van der Waals surface area contributed by atoms with E-state index in [0.717, 1.165) is 28.3 Å². The molecule has 3 rings (SSSR count). The SMILES string of the molecule is CN(C)c1ccc(N=Cc2cccc(OCc3ccccc3)c2)cc1. The van der Waals surface area contributed by atoms with E-state index in [1.807, 2.05) is 74.9 Å². The minimum Gasteiger partial charge on any atom is -0.489 e. The van der Waals surface area contributed by atoms with Crippen molar-refractivity contribution in [1.82, 2.24) is 0 Å². The van der Waals surface area contributed by atoms with Crippen LogP contribution < -0.4 is 9.64 Å². The molecule has 25 heavy (non-hydrogen) atoms. The molecule has 0 bridgehead atoms. The molecule has 3 nitrogen and oxygen atoms in total. The molecule has 3 aromatic rings. The summed E-state index contributed by atoms with van der Waals surface area (Å²) < 4.78 is 5.86. The van der Waals surface area contributed by atoms with Gasteiger partial charge in [-0.15, -0.1) is 0 Å². The number of rotatable bonds is 6. The lowest BCUT2D eigenvalue weighted by Crippen LogP contribution is -2.07. The molecule has 0 heterocycles. The van der Waals surface area contributed by atoms with Crippen molar-refractivity contribution < 1.29 is 4.74 Å². The lowest BCUT2D eigenvalue weighted by atomic mass is 10.2. The third-order valence-corrected chi connectivity index (χ3v) is 3.84. The molecule has 0 fully saturated rings. The van der Waals surface area contributed by atoms with Gasteiger partial charge < -0.3 is 9.64 Å². The van der Waals surface area contributed by atoms with E-state index in [4.69, 9.17) is 4.74 Å². The average Bonchev–Trinajstić information content (AvgIpc) is 2.66. The van der Waals surface area contributed by atoms with E-state index < -0.39 is 0 Å². The fourth-order valence-electron chi connectivity index (χ4n) is 2.41. The Morgan fingerprint density at radius 2 is 1.64 bits per heavy atom. The second kappa shape index (κ2) is 8.15. The highest BCUT2D eigenvalue weighted by molar-refractivity contribution is 5.82. The van der Waals surface area contributed by atoms with Crippen molar-refractivity contribution in [3.05, 3.63) is 90.0 Å². The lowest BCUT2D eigenvalue weighted by Gasteiger charge is -2.11. The predicted octanol–water partition coefficient (Wildman–Crippen LogP) is 5.08. The maximum absolute atomic E-state index is 5.86. The van der Waals surface area contributed by atoms with Crippen molar-refractivity contribution in [2.24, 2.45) is 4.99 Å². The Morgan fingerprint density at radius 1 is 0.880 bits per heavy atom. The van der Waals surface area contributed by atoms with Gasteiger partial charge in [0.2, 0.25) is 0 Å². The van der Waals surface area contributed by atoms with Crippen LogP contribution in [0.3, 0.4) is 0 Å². The molecule has 0 atom stereocenters. The van der Waals surface area contributed by atoms with Gasteiger partial charge >= 0.3 is 0 Å². The number of nitrogens with zero attached hydrogens (tertiary/aromatic N) is 2. The number of benzene rings is 3. The molecule has 126 valence electrons. The number of hydrogen-bond donors (Lipinski definition) is 0. The smallest absolute Gasteiger partial charge is 0.120 e. The predicted molar refractivity (Wildman–Crippen MR) is 105 cm³/mol. The van der Waals surface area contributed by atoms with E-state index in [1.165, 1.54) is 0 Å². The van der Waals surface area contributed by atoms with Crippen molar-refractivity contribution in [3.63, 3.8) is 0 Å². The first-order valence-electron chi connectivity index (χ1n) is 8.29. The van der Waals surface area contributed by atoms with Gasteiger partial charge in [-0.2, -0.15) is 0 Å². The van der Waals surface area contributed by atoms with Crippen molar-refractivity contribution in [2.45, 2.75) is 6.61 Å². The first-order chi connectivity index (χ1) is 12.2. The molecule has 0 saturated carbocycles. The third kappa shape index (κ3) is 4.95. The summed E-state index contributed by atoms with van der Waals surface area (Å²) in [6.45, 7) is 0.563. The number of ether oxygens (including phenoxy) is 1. The molecule has 0 radical (unpaired) electrons. The van der Waals surface area contributed by atoms with Crippen LogP contribution in [0.2, 0.25) is 0 Å². The molecular formula is C22H22N2O. The average molecular weight is 330 g/mol. The summed E-state index contributed by atoms with van der Waals surface area (Å²) >= 11 is 0. The van der Waals surface area contributed by atoms with Gasteiger partial charge in [0.05, 0.1) is 5.69 Å². The topological polar surface area (TPSA) is 24.8 Å². The van der Waals surface area contributed by atoms with Gasteiger partial charge in [-0.05, 0) is 47.5 Å². The number of aliphatic imine (C=N–C) groups is 1. The second-order valence-electron chi connectivity index (χ2n) is 6.02. The lowest BCUT2D eigenvalue weighted by molar-refractivity contribution is 0.306. The summed E-state index contributed by atoms with van der Waals surface area (Å²) in [5.74, 6) is 0.843. The summed E-state index contributed by atoms with van der Waals surface area (Å²) in [4.78, 5) is 6.61. The van der Waals surface area contributed by atoms with Crippen LogP contribution in [0.25, 0.3) is 0 Å². The molecule has 3 heteroatoms. The Kier molecular flexibility index (Phi) is 5.47. The van der Waals surface area contributed by atoms with Gasteiger partial charge in [0, 0.05) is 26.0 Å². The minimum absolute atomic E-state index is 0.563. The van der Waals surface area contributed by atoms with Gasteiger partial charge in [-0.3, -0.25) is 4.99 Å². The second-order valence-corrected chi connectivity index (χ2v) is 6.02. The molecule has 3 aromatic carbocycles. The van der Waals surface area contributed by atoms with Crippen LogP contribution in [0.5, 0.6) is 5.75 Å². The fraction of sp³-hybridized carbons (Fsp3) is 0.136. The van der Waals surface area contributed by atoms with E-state index in [0.29, 0.717) is 6.61 Å². The zero-order chi connectivity index (χ0) is 17.5. The van der Waals surface area contributed by atoms with Crippen LogP contribution in [0.15, 0.2) is 83.9 Å². The highest BCUT2D eigenvalue weighted by atomic mass is 16.5. The summed E-state index contributed by atoms with van der Waals surface area (Å²) in [6, 6.07) is 26.3. The van der Waals surface area contributed by atoms with Gasteiger partial charge in [-0.25, -0.2) is 0 Å². The van der Waals surface area contributed by atoms with Crippen LogP contribution in [-0.2, 0) is 6.61 Å². The summed E-state index contributed by atoms with van der Waals surface area (Å²) in [6.07, 6.45) is 1.86. The number of anilines is 1. The van der Waals surface area contributed by atoms with Crippen molar-refractivity contribution >= 4 is 17.6 Å². The molecule has 0 aliphatic rings. The maximum Gasteiger partial charge on any atom is 0.120 e. The van der Waals surface area contributed by atoms with Gasteiger partial charge in [0.15, 0.2) is 0 Å². The normalized spacial score (nSPS) is 10.8. The zero-order valence-corrected chi connectivity index (χ0v) is 14.6. The summed E-state index contributed by atoms with van der Waals surface area (Å²) in [5, 5.41) is 0. The van der Waals surface area contributed by atoms with Crippen molar-refractivity contribution in [2.75, 3.05) is 19.0 Å². The first-order valence-corrected chi connectivity index (χ1v) is 8.29. The first kappa shape index (κ1) is 16.8. The highest BCUT2D eigenvalue weighted by Crippen LogP contribution is 2.19. The Hall–Kier alpha value is -3.07. The van der Waals surface area contributed by atoms with Gasteiger partial charge in [-0.1, -0.05) is 42.5 Å². The van der Waals surface area contributed by atoms with Crippen LogP contribution in [0.1, 0.15) is 11.1 Å². The standard InChI is InChI=1S/C22H22N2O/c1-24(2)21-13-11-20(12-14-21)23-16-19-9-6-10-22(15-19)25-17-18-7-4-3-5-8-18/h3-16H,17H2,1-2H3. The molecule has 0 spiro atoms. The van der Waals surface area contributed by atoms with E-state index in [2.05, 4.69) is 34.2 Å². The molecule has 0 N–H and O–H groups in total. The fourth-order valence-corrected chi connectivity index (χ4v) is 2.41. The van der Waals surface area contributed by atoms with E-state index >= 15 is 0 Å². The maximum atomic E-state index is 5.86. The Balaban J connectivity index is 1.64. The third-order valence-electron chi connectivity index (χ3n) is 3.84. The molecule has 0 aliphatic heterocycles. The van der Waals surface area contributed by atoms with Crippen LogP contribution in [0.4, 0.5) is 11.4 Å². The van der Waals surface area contributed by atoms with Gasteiger partial charge in [0.1, 0.15) is 12.4 Å². The molecule has 0 unspecified atom stereocenters. The quantitative estimate of drug-likeness (QED) is 0.589. The summed E-state index contributed by atoms with van der Waals surface area (Å²) in [7, 11) is 4.05. The largest absolute Gasteiger partial charge is 0.489 e. The van der Waals surface area contributed by atoms with Crippen molar-refractivity contribution in [1.29, 1.82) is 0 Å². The zero-order valence-electron chi connectivity index (χ0n) is 14.6. The van der Waals surface area contributed by atoms with Crippen molar-refractivity contribution in [3.8, 4) is 5.75 Å². The highest BCUT2D eigenvalue weighted by Gasteiger charge is 1.98. The van der Waals surface area contributed by atoms with Crippen LogP contribution in [0, 0.1) is 0 Å². The van der Waals surface area contributed by atoms with Crippen LogP contribution in [-0.4, -0.2) is 20.3 Å². The van der Waals surface area contributed by atoms with Gasteiger partial charge in [0.25, 0.3) is 0 Å². The molecule has 0 aromatic heterocycles. The number of hydrogen-bond acceptors (Lipinski definition) is 3. The minimum atomic E-state index is 0.563. The molecule has 0 aliphatic carbocycles. The summed E-state index contributed by atoms with van der Waals surface area (Å²) in [5.41, 5.74) is 4.27. The van der Waals surface area contributed by atoms with Crippen LogP contribution >= 0.6 is 0 Å². The Labute approximate surface area is 149 Å². The van der Waals surface area contributed by atoms with E-state index in [1.54, 1.807) is 0 Å². The monoisotopic (exact) mass is 330 g/mol.